The summed E-state index contributed by atoms with van der Waals surface area (Å²) in [6, 6.07) is 0. The van der Waals surface area contributed by atoms with Gasteiger partial charge in [-0.1, -0.05) is 0 Å². The van der Waals surface area contributed by atoms with Gasteiger partial charge in [0.2, 0.25) is 5.91 Å². The zero-order chi connectivity index (χ0) is 17.2. The Balaban J connectivity index is 1.65. The van der Waals surface area contributed by atoms with E-state index < -0.39 is 0 Å². The van der Waals surface area contributed by atoms with E-state index in [0.29, 0.717) is 19.4 Å². The molecule has 2 fully saturated rings. The summed E-state index contributed by atoms with van der Waals surface area (Å²) in [5, 5.41) is 13.4. The van der Waals surface area contributed by atoms with Crippen LogP contribution in [0.25, 0.3) is 0 Å². The number of hydrogen-bond acceptors (Lipinski definition) is 4. The molecule has 6 heteroatoms. The number of piperidine rings is 2. The summed E-state index contributed by atoms with van der Waals surface area (Å²) < 4.78 is 1.94. The third-order valence-electron chi connectivity index (χ3n) is 5.81. The number of aliphatic hydroxyl groups is 1. The molecule has 0 bridgehead atoms. The highest BCUT2D eigenvalue weighted by atomic mass is 16.3. The first-order valence-electron chi connectivity index (χ1n) is 9.11. The summed E-state index contributed by atoms with van der Waals surface area (Å²) in [5.41, 5.74) is 2.77. The molecule has 3 heterocycles. The van der Waals surface area contributed by atoms with Crippen molar-refractivity contribution in [1.82, 2.24) is 19.6 Å². The topological polar surface area (TPSA) is 61.6 Å². The molecule has 2 aliphatic heterocycles. The molecule has 0 radical (unpaired) electrons. The van der Waals surface area contributed by atoms with Gasteiger partial charge in [0, 0.05) is 62.9 Å². The normalized spacial score (nSPS) is 25.6. The summed E-state index contributed by atoms with van der Waals surface area (Å²) in [5.74, 6) is 0.259. The zero-order valence-electron chi connectivity index (χ0n) is 15.0. The number of nitrogens with zero attached hydrogens (tertiary/aromatic N) is 4. The van der Waals surface area contributed by atoms with Crippen LogP contribution in [0.3, 0.4) is 0 Å². The zero-order valence-corrected chi connectivity index (χ0v) is 15.0. The number of aryl methyl sites for hydroxylation is 1. The third-order valence-corrected chi connectivity index (χ3v) is 5.81. The van der Waals surface area contributed by atoms with Gasteiger partial charge in [0.15, 0.2) is 0 Å². The van der Waals surface area contributed by atoms with E-state index in [9.17, 15) is 4.79 Å². The van der Waals surface area contributed by atoms with E-state index in [4.69, 9.17) is 5.11 Å². The molecule has 1 N–H and O–H groups in total. The molecule has 3 rings (SSSR count). The second-order valence-corrected chi connectivity index (χ2v) is 7.59. The molecule has 2 aliphatic rings. The van der Waals surface area contributed by atoms with Gasteiger partial charge in [-0.25, -0.2) is 0 Å². The maximum Gasteiger partial charge on any atom is 0.222 e. The SMILES string of the molecule is Cc1c(CN2CCCC3(CCC(=O)N(CCCO)C3)C2)cnn1C. The van der Waals surface area contributed by atoms with Crippen LogP contribution < -0.4 is 0 Å². The first-order chi connectivity index (χ1) is 11.5. The van der Waals surface area contributed by atoms with E-state index in [2.05, 4.69) is 16.9 Å². The van der Waals surface area contributed by atoms with Gasteiger partial charge in [-0.15, -0.1) is 0 Å². The van der Waals surface area contributed by atoms with Crippen LogP contribution in [-0.4, -0.2) is 63.4 Å². The van der Waals surface area contributed by atoms with Gasteiger partial charge >= 0.3 is 0 Å². The molecule has 2 saturated heterocycles. The molecule has 1 aromatic rings. The van der Waals surface area contributed by atoms with Crippen molar-refractivity contribution in [3.8, 4) is 0 Å². The highest BCUT2D eigenvalue weighted by Gasteiger charge is 2.41. The van der Waals surface area contributed by atoms with Crippen molar-refractivity contribution in [1.29, 1.82) is 0 Å². The van der Waals surface area contributed by atoms with Crippen LogP contribution in [0.5, 0.6) is 0 Å². The standard InChI is InChI=1S/C18H30N4O2/c1-15-16(11-19-20(15)2)12-21-8-3-6-18(13-21)7-5-17(24)22(14-18)9-4-10-23/h11,23H,3-10,12-14H2,1-2H3. The van der Waals surface area contributed by atoms with Gasteiger partial charge in [-0.3, -0.25) is 14.4 Å². The van der Waals surface area contributed by atoms with Gasteiger partial charge in [-0.2, -0.15) is 5.10 Å². The first kappa shape index (κ1) is 17.4. The summed E-state index contributed by atoms with van der Waals surface area (Å²) in [6.45, 7) is 6.96. The highest BCUT2D eigenvalue weighted by Crippen LogP contribution is 2.39. The van der Waals surface area contributed by atoms with Crippen molar-refractivity contribution < 1.29 is 9.90 Å². The van der Waals surface area contributed by atoms with Gasteiger partial charge < -0.3 is 10.0 Å². The number of likely N-dealkylation sites (tertiary alicyclic amines) is 2. The number of aliphatic hydroxyl groups excluding tert-OH is 1. The van der Waals surface area contributed by atoms with Crippen LogP contribution in [0.15, 0.2) is 6.20 Å². The van der Waals surface area contributed by atoms with Crippen molar-refractivity contribution in [2.24, 2.45) is 12.5 Å². The molecule has 6 nitrogen and oxygen atoms in total. The lowest BCUT2D eigenvalue weighted by molar-refractivity contribution is -0.139. The molecule has 1 atom stereocenters. The Bertz CT molecular complexity index is 586. The molecule has 1 spiro atoms. The molecule has 0 saturated carbocycles. The van der Waals surface area contributed by atoms with E-state index >= 15 is 0 Å². The number of amides is 1. The predicted molar refractivity (Wildman–Crippen MR) is 92.4 cm³/mol. The fourth-order valence-electron chi connectivity index (χ4n) is 4.29. The Hall–Kier alpha value is -1.40. The quantitative estimate of drug-likeness (QED) is 0.882. The lowest BCUT2D eigenvalue weighted by Crippen LogP contribution is -2.54. The monoisotopic (exact) mass is 334 g/mol. The van der Waals surface area contributed by atoms with E-state index in [1.54, 1.807) is 0 Å². The lowest BCUT2D eigenvalue weighted by Gasteiger charge is -2.48. The molecule has 0 aliphatic carbocycles. The van der Waals surface area contributed by atoms with E-state index in [-0.39, 0.29) is 17.9 Å². The van der Waals surface area contributed by atoms with Crippen molar-refractivity contribution in [2.45, 2.75) is 45.6 Å². The predicted octanol–water partition coefficient (Wildman–Crippen LogP) is 1.32. The summed E-state index contributed by atoms with van der Waals surface area (Å²) in [4.78, 5) is 16.7. The number of carbonyl (C=O) groups excluding carboxylic acids is 1. The number of carbonyl (C=O) groups is 1. The Morgan fingerprint density at radius 3 is 2.88 bits per heavy atom. The molecule has 1 unspecified atom stereocenters. The van der Waals surface area contributed by atoms with Crippen LogP contribution in [-0.2, 0) is 18.4 Å². The van der Waals surface area contributed by atoms with E-state index in [1.165, 1.54) is 24.1 Å². The third kappa shape index (κ3) is 3.64. The van der Waals surface area contributed by atoms with Gasteiger partial charge in [0.05, 0.1) is 6.20 Å². The summed E-state index contributed by atoms with van der Waals surface area (Å²) in [6.07, 6.45) is 6.73. The fourth-order valence-corrected chi connectivity index (χ4v) is 4.29. The fraction of sp³-hybridized carbons (Fsp3) is 0.778. The second-order valence-electron chi connectivity index (χ2n) is 7.59. The number of hydrogen-bond donors (Lipinski definition) is 1. The number of aromatic nitrogens is 2. The maximum absolute atomic E-state index is 12.2. The Labute approximate surface area is 144 Å². The van der Waals surface area contributed by atoms with Crippen LogP contribution in [0, 0.1) is 12.3 Å². The van der Waals surface area contributed by atoms with Gasteiger partial charge in [-0.05, 0) is 39.2 Å². The molecular formula is C18H30N4O2. The van der Waals surface area contributed by atoms with Crippen molar-refractivity contribution in [3.05, 3.63) is 17.5 Å². The first-order valence-corrected chi connectivity index (χ1v) is 9.11. The van der Waals surface area contributed by atoms with E-state index in [0.717, 1.165) is 32.6 Å². The lowest BCUT2D eigenvalue weighted by atomic mass is 9.73. The highest BCUT2D eigenvalue weighted by molar-refractivity contribution is 5.77. The average Bonchev–Trinajstić information content (AvgIpc) is 2.88. The van der Waals surface area contributed by atoms with E-state index in [1.807, 2.05) is 22.8 Å². The van der Waals surface area contributed by atoms with Crippen LogP contribution in [0.4, 0.5) is 0 Å². The van der Waals surface area contributed by atoms with Crippen molar-refractivity contribution in [2.75, 3.05) is 32.8 Å². The summed E-state index contributed by atoms with van der Waals surface area (Å²) in [7, 11) is 1.99. The average molecular weight is 334 g/mol. The summed E-state index contributed by atoms with van der Waals surface area (Å²) >= 11 is 0. The van der Waals surface area contributed by atoms with Gasteiger partial charge in [0.1, 0.15) is 0 Å². The molecule has 134 valence electrons. The van der Waals surface area contributed by atoms with Crippen LogP contribution in [0.2, 0.25) is 0 Å². The number of rotatable bonds is 5. The molecule has 1 amide bonds. The van der Waals surface area contributed by atoms with Crippen LogP contribution >= 0.6 is 0 Å². The maximum atomic E-state index is 12.2. The van der Waals surface area contributed by atoms with Crippen LogP contribution in [0.1, 0.15) is 43.4 Å². The minimum Gasteiger partial charge on any atom is -0.396 e. The van der Waals surface area contributed by atoms with Gasteiger partial charge in [0.25, 0.3) is 0 Å². The smallest absolute Gasteiger partial charge is 0.222 e. The molecule has 0 aromatic carbocycles. The minimum absolute atomic E-state index is 0.156. The Morgan fingerprint density at radius 1 is 1.33 bits per heavy atom. The van der Waals surface area contributed by atoms with Crippen molar-refractivity contribution >= 4 is 5.91 Å². The minimum atomic E-state index is 0.156. The second kappa shape index (κ2) is 7.23. The largest absolute Gasteiger partial charge is 0.396 e. The molecule has 24 heavy (non-hydrogen) atoms. The van der Waals surface area contributed by atoms with Crippen molar-refractivity contribution in [3.63, 3.8) is 0 Å². The molecule has 1 aromatic heterocycles. The Morgan fingerprint density at radius 2 is 2.17 bits per heavy atom. The Kier molecular flexibility index (Phi) is 5.25. The molecular weight excluding hydrogens is 304 g/mol.